The molecule has 1 fully saturated rings. The van der Waals surface area contributed by atoms with Crippen molar-refractivity contribution in [2.45, 2.75) is 23.5 Å². The SMILES string of the molecule is Cc1nc(SCC2=C(C(=O)[O-])N3C(=O)C(NC(=O)/C(=N/O)c4csc(N)n4)C3SC2)n(C)n1.[Na+]. The number of carbonyl (C=O) groups excluding carboxylic acids is 3. The molecule has 2 aromatic heterocycles. The molecule has 2 aliphatic heterocycles. The summed E-state index contributed by atoms with van der Waals surface area (Å²) in [5.74, 6) is -1.72. The minimum Gasteiger partial charge on any atom is -0.543 e. The van der Waals surface area contributed by atoms with Crippen LogP contribution in [0.5, 0.6) is 0 Å². The number of carboxylic acids is 1. The Kier molecular flexibility index (Phi) is 8.30. The van der Waals surface area contributed by atoms with Crippen LogP contribution in [0.15, 0.2) is 27.0 Å². The van der Waals surface area contributed by atoms with E-state index >= 15 is 0 Å². The summed E-state index contributed by atoms with van der Waals surface area (Å²) in [6.07, 6.45) is 0. The number of β-lactam (4-membered cyclic amide) rings is 1. The summed E-state index contributed by atoms with van der Waals surface area (Å²) in [5.41, 5.74) is 5.51. The van der Waals surface area contributed by atoms with Crippen LogP contribution in [0, 0.1) is 6.92 Å². The largest absolute Gasteiger partial charge is 1.00 e. The number of carbonyl (C=O) groups is 3. The molecule has 4 heterocycles. The standard InChI is InChI=1S/C17H18N8O5S3.Na/c1-6-19-17(24(2)22-6)33-4-7-3-31-14-10(13(27)25(14)11(7)15(28)29)21-12(26)9(23-30)8-5-32-16(18)20-8;/h5,10,14,30H,3-4H2,1-2H3,(H2,18,20)(H,21,26)(H,28,29);/q;+1/p-1/b23-9+;. The maximum atomic E-state index is 12.8. The summed E-state index contributed by atoms with van der Waals surface area (Å²) >= 11 is 3.67. The molecular weight excluding hydrogens is 515 g/mol. The Morgan fingerprint density at radius 1 is 1.44 bits per heavy atom. The maximum Gasteiger partial charge on any atom is 1.00 e. The van der Waals surface area contributed by atoms with Crippen LogP contribution in [0.25, 0.3) is 0 Å². The number of hydrogen-bond donors (Lipinski definition) is 3. The van der Waals surface area contributed by atoms with Crippen LogP contribution >= 0.6 is 34.9 Å². The first-order valence-corrected chi connectivity index (χ1v) is 12.3. The van der Waals surface area contributed by atoms with Gasteiger partial charge in [0.05, 0.1) is 11.7 Å². The van der Waals surface area contributed by atoms with Gasteiger partial charge in [-0.15, -0.1) is 23.1 Å². The second kappa shape index (κ2) is 10.7. The predicted molar refractivity (Wildman–Crippen MR) is 118 cm³/mol. The quantitative estimate of drug-likeness (QED) is 0.0778. The van der Waals surface area contributed by atoms with Gasteiger partial charge in [0.2, 0.25) is 0 Å². The second-order valence-corrected chi connectivity index (χ2v) is 9.91. The summed E-state index contributed by atoms with van der Waals surface area (Å²) in [7, 11) is 1.73. The number of nitrogens with one attached hydrogen (secondary N) is 1. The summed E-state index contributed by atoms with van der Waals surface area (Å²) in [6.45, 7) is 1.75. The van der Waals surface area contributed by atoms with E-state index in [1.165, 1.54) is 28.9 Å². The van der Waals surface area contributed by atoms with Crippen LogP contribution < -0.4 is 45.7 Å². The number of aryl methyl sites for hydroxylation is 2. The van der Waals surface area contributed by atoms with Crippen molar-refractivity contribution in [1.29, 1.82) is 0 Å². The third kappa shape index (κ3) is 4.96. The van der Waals surface area contributed by atoms with E-state index in [-0.39, 0.29) is 51.8 Å². The molecule has 2 unspecified atom stereocenters. The van der Waals surface area contributed by atoms with E-state index in [2.05, 4.69) is 25.5 Å². The Morgan fingerprint density at radius 2 is 2.18 bits per heavy atom. The fourth-order valence-corrected chi connectivity index (χ4v) is 6.36. The normalized spacial score (nSPS) is 19.9. The zero-order chi connectivity index (χ0) is 23.9. The Labute approximate surface area is 227 Å². The first-order valence-electron chi connectivity index (χ1n) is 9.34. The van der Waals surface area contributed by atoms with Crippen molar-refractivity contribution < 1.29 is 54.3 Å². The smallest absolute Gasteiger partial charge is 0.543 e. The number of fused-ring (bicyclic) bond motifs is 1. The van der Waals surface area contributed by atoms with Gasteiger partial charge in [-0.3, -0.25) is 14.5 Å². The number of hydrogen-bond acceptors (Lipinski definition) is 13. The Bertz CT molecular complexity index is 1210. The Balaban J connectivity index is 0.00000324. The molecule has 2 aromatic rings. The first-order chi connectivity index (χ1) is 15.7. The molecule has 2 atom stereocenters. The van der Waals surface area contributed by atoms with Crippen LogP contribution in [-0.4, -0.2) is 76.3 Å². The number of nitrogens with two attached hydrogens (primary N) is 1. The van der Waals surface area contributed by atoms with E-state index in [1.807, 2.05) is 0 Å². The number of anilines is 1. The molecule has 17 heteroatoms. The summed E-state index contributed by atoms with van der Waals surface area (Å²) in [4.78, 5) is 46.5. The molecule has 13 nitrogen and oxygen atoms in total. The molecule has 0 saturated carbocycles. The number of rotatable bonds is 7. The molecular formula is C17H17N8NaO5S3. The number of thioether (sulfide) groups is 2. The summed E-state index contributed by atoms with van der Waals surface area (Å²) in [5, 5.41) is 32.3. The van der Waals surface area contributed by atoms with Crippen molar-refractivity contribution in [2.24, 2.45) is 12.2 Å². The van der Waals surface area contributed by atoms with Gasteiger partial charge in [0, 0.05) is 23.9 Å². The molecule has 2 amide bonds. The molecule has 4 rings (SSSR count). The van der Waals surface area contributed by atoms with Crippen molar-refractivity contribution in [2.75, 3.05) is 17.2 Å². The van der Waals surface area contributed by atoms with Crippen LogP contribution in [0.3, 0.4) is 0 Å². The number of carboxylic acid groups (broad SMARTS) is 1. The molecule has 0 aliphatic carbocycles. The van der Waals surface area contributed by atoms with Gasteiger partial charge >= 0.3 is 29.6 Å². The predicted octanol–water partition coefficient (Wildman–Crippen LogP) is -4.46. The molecule has 4 N–H and O–H groups in total. The van der Waals surface area contributed by atoms with Crippen molar-refractivity contribution in [3.8, 4) is 0 Å². The van der Waals surface area contributed by atoms with Crippen molar-refractivity contribution in [3.05, 3.63) is 28.2 Å². The van der Waals surface area contributed by atoms with Gasteiger partial charge in [-0.1, -0.05) is 16.9 Å². The number of thiazole rings is 1. The maximum absolute atomic E-state index is 12.8. The Hall–Kier alpha value is -2.11. The molecule has 0 radical (unpaired) electrons. The summed E-state index contributed by atoms with van der Waals surface area (Å²) in [6, 6.07) is -1.000. The fraction of sp³-hybridized carbons (Fsp3) is 0.353. The van der Waals surface area contributed by atoms with Gasteiger partial charge in [-0.2, -0.15) is 5.10 Å². The van der Waals surface area contributed by atoms with E-state index in [9.17, 15) is 24.7 Å². The van der Waals surface area contributed by atoms with Gasteiger partial charge in [0.25, 0.3) is 11.8 Å². The van der Waals surface area contributed by atoms with Crippen LogP contribution in [-0.2, 0) is 21.4 Å². The van der Waals surface area contributed by atoms with E-state index < -0.39 is 34.9 Å². The third-order valence-corrected chi connectivity index (χ3v) is 7.93. The molecule has 174 valence electrons. The van der Waals surface area contributed by atoms with Crippen molar-refractivity contribution in [3.63, 3.8) is 0 Å². The molecule has 34 heavy (non-hydrogen) atoms. The van der Waals surface area contributed by atoms with Crippen LogP contribution in [0.1, 0.15) is 11.5 Å². The van der Waals surface area contributed by atoms with Crippen molar-refractivity contribution >= 4 is 63.5 Å². The monoisotopic (exact) mass is 532 g/mol. The molecule has 2 aliphatic rings. The topological polar surface area (TPSA) is 192 Å². The number of amides is 2. The number of aliphatic carboxylic acids is 1. The van der Waals surface area contributed by atoms with Gasteiger partial charge in [0.15, 0.2) is 16.0 Å². The molecule has 1 saturated heterocycles. The minimum atomic E-state index is -1.47. The van der Waals surface area contributed by atoms with Gasteiger partial charge < -0.3 is 26.2 Å². The number of oxime groups is 1. The fourth-order valence-electron chi connectivity index (χ4n) is 3.37. The third-order valence-electron chi connectivity index (χ3n) is 4.81. The zero-order valence-corrected chi connectivity index (χ0v) is 22.7. The average Bonchev–Trinajstić information content (AvgIpc) is 3.34. The van der Waals surface area contributed by atoms with Gasteiger partial charge in [-0.05, 0) is 12.5 Å². The second-order valence-electron chi connectivity index (χ2n) is 6.97. The molecule has 0 spiro atoms. The van der Waals surface area contributed by atoms with E-state index in [4.69, 9.17) is 5.73 Å². The van der Waals surface area contributed by atoms with E-state index in [0.29, 0.717) is 22.3 Å². The van der Waals surface area contributed by atoms with Crippen LogP contribution in [0.4, 0.5) is 5.13 Å². The van der Waals surface area contributed by atoms with Gasteiger partial charge in [0.1, 0.15) is 22.9 Å². The number of aromatic nitrogens is 4. The number of nitrogens with zero attached hydrogens (tertiary/aromatic N) is 6. The molecule has 0 aromatic carbocycles. The van der Waals surface area contributed by atoms with Crippen LogP contribution in [0.2, 0.25) is 0 Å². The minimum absolute atomic E-state index is 0. The first kappa shape index (κ1) is 26.5. The van der Waals surface area contributed by atoms with Crippen molar-refractivity contribution in [1.82, 2.24) is 30.0 Å². The average molecular weight is 533 g/mol. The zero-order valence-electron chi connectivity index (χ0n) is 18.2. The summed E-state index contributed by atoms with van der Waals surface area (Å²) < 4.78 is 1.59. The molecule has 0 bridgehead atoms. The van der Waals surface area contributed by atoms with Gasteiger partial charge in [-0.25, -0.2) is 14.6 Å². The van der Waals surface area contributed by atoms with E-state index in [0.717, 1.165) is 16.2 Å². The Morgan fingerprint density at radius 3 is 2.74 bits per heavy atom. The number of nitrogen functional groups attached to an aromatic ring is 1. The van der Waals surface area contributed by atoms with E-state index in [1.54, 1.807) is 18.7 Å².